The third kappa shape index (κ3) is 9.19. The van der Waals surface area contributed by atoms with Gasteiger partial charge < -0.3 is 0 Å². The van der Waals surface area contributed by atoms with Crippen LogP contribution in [0, 0.1) is 0 Å². The van der Waals surface area contributed by atoms with Gasteiger partial charge in [-0.05, 0) is 0 Å². The molecule has 1 aromatic rings. The zero-order valence-corrected chi connectivity index (χ0v) is 20.5. The van der Waals surface area contributed by atoms with Gasteiger partial charge in [0.2, 0.25) is 0 Å². The summed E-state index contributed by atoms with van der Waals surface area (Å²) < 4.78 is 4.31. The van der Waals surface area contributed by atoms with Gasteiger partial charge >= 0.3 is 166 Å². The molecule has 0 spiro atoms. The molecule has 1 rings (SSSR count). The zero-order chi connectivity index (χ0) is 18.4. The van der Waals surface area contributed by atoms with E-state index in [1.807, 2.05) is 11.8 Å². The molecular weight excluding hydrogens is 431 g/mol. The summed E-state index contributed by atoms with van der Waals surface area (Å²) in [5, 5.41) is 11.2. The number of benzene rings is 1. The normalized spacial score (nSPS) is 13.1. The molecule has 1 nitrogen and oxygen atoms in total. The van der Waals surface area contributed by atoms with Gasteiger partial charge in [0.15, 0.2) is 0 Å². The van der Waals surface area contributed by atoms with Crippen LogP contribution < -0.4 is 0 Å². The third-order valence-corrected chi connectivity index (χ3v) is 22.9. The second kappa shape index (κ2) is 14.4. The van der Waals surface area contributed by atoms with E-state index in [-0.39, 0.29) is 4.12 Å². The number of hydrogen-bond acceptors (Lipinski definition) is 2. The number of aliphatic hydroxyl groups is 1. The molecule has 1 unspecified atom stereocenters. The van der Waals surface area contributed by atoms with Crippen molar-refractivity contribution in [3.63, 3.8) is 0 Å². The first-order valence-electron chi connectivity index (χ1n) is 10.5. The van der Waals surface area contributed by atoms with E-state index >= 15 is 0 Å². The van der Waals surface area contributed by atoms with E-state index < -0.39 is 18.4 Å². The summed E-state index contributed by atoms with van der Waals surface area (Å²) in [6.07, 6.45) is 8.92. The molecule has 0 heterocycles. The first-order valence-corrected chi connectivity index (χ1v) is 19.3. The molecule has 0 bridgehead atoms. The molecule has 0 aliphatic carbocycles. The second-order valence-electron chi connectivity index (χ2n) is 7.52. The van der Waals surface area contributed by atoms with Gasteiger partial charge in [0, 0.05) is 0 Å². The van der Waals surface area contributed by atoms with Crippen LogP contribution in [0.25, 0.3) is 0 Å². The quantitative estimate of drug-likeness (QED) is 0.218. The number of thioether (sulfide) groups is 1. The topological polar surface area (TPSA) is 20.2 Å². The van der Waals surface area contributed by atoms with Gasteiger partial charge in [-0.25, -0.2) is 0 Å². The van der Waals surface area contributed by atoms with Crippen LogP contribution >= 0.6 is 11.8 Å². The van der Waals surface area contributed by atoms with Crippen LogP contribution in [-0.4, -0.2) is 33.4 Å². The van der Waals surface area contributed by atoms with Gasteiger partial charge in [-0.1, -0.05) is 0 Å². The van der Waals surface area contributed by atoms with Crippen molar-refractivity contribution in [2.24, 2.45) is 0 Å². The molecule has 0 aliphatic heterocycles. The predicted octanol–water partition coefficient (Wildman–Crippen LogP) is 7.06. The van der Waals surface area contributed by atoms with Crippen molar-refractivity contribution < 1.29 is 5.11 Å². The fourth-order valence-electron chi connectivity index (χ4n) is 3.73. The van der Waals surface area contributed by atoms with E-state index in [0.717, 1.165) is 17.9 Å². The summed E-state index contributed by atoms with van der Waals surface area (Å²) >= 11 is -0.429. The molecule has 0 aliphatic rings. The molecule has 0 saturated carbocycles. The Hall–Kier alpha value is 0.329. The molecule has 25 heavy (non-hydrogen) atoms. The van der Waals surface area contributed by atoms with Crippen LogP contribution in [0.15, 0.2) is 30.3 Å². The average molecular weight is 471 g/mol. The number of unbranched alkanes of at least 4 members (excludes halogenated alkanes) is 3. The van der Waals surface area contributed by atoms with Gasteiger partial charge in [0.1, 0.15) is 0 Å². The van der Waals surface area contributed by atoms with Crippen molar-refractivity contribution in [1.29, 1.82) is 0 Å². The second-order valence-corrected chi connectivity index (χ2v) is 22.6. The van der Waals surface area contributed by atoms with Crippen molar-refractivity contribution in [3.05, 3.63) is 35.9 Å². The first-order chi connectivity index (χ1) is 12.2. The van der Waals surface area contributed by atoms with Crippen molar-refractivity contribution >= 4 is 30.1 Å². The van der Waals surface area contributed by atoms with Crippen LogP contribution in [0.1, 0.15) is 71.3 Å². The Kier molecular flexibility index (Phi) is 13.5. The number of hydrogen-bond donors (Lipinski definition) is 1. The Balaban J connectivity index is 2.57. The Morgan fingerprint density at radius 3 is 1.88 bits per heavy atom. The van der Waals surface area contributed by atoms with Crippen LogP contribution in [0.5, 0.6) is 0 Å². The zero-order valence-electron chi connectivity index (χ0n) is 16.8. The maximum atomic E-state index is 11.2. The summed E-state index contributed by atoms with van der Waals surface area (Å²) in [5.41, 5.74) is 1.40. The molecule has 0 amide bonds. The fourth-order valence-corrected chi connectivity index (χ4v) is 21.5. The molecule has 1 N–H and O–H groups in total. The summed E-state index contributed by atoms with van der Waals surface area (Å²) in [4.78, 5) is 0. The first kappa shape index (κ1) is 23.4. The average Bonchev–Trinajstić information content (AvgIpc) is 2.65. The Morgan fingerprint density at radius 2 is 1.40 bits per heavy atom. The number of aliphatic hydroxyl groups excluding tert-OH is 1. The summed E-state index contributed by atoms with van der Waals surface area (Å²) in [6, 6.07) is 10.7. The van der Waals surface area contributed by atoms with E-state index in [1.54, 1.807) is 0 Å². The van der Waals surface area contributed by atoms with Gasteiger partial charge in [0.05, 0.1) is 0 Å². The summed E-state index contributed by atoms with van der Waals surface area (Å²) in [5.74, 6) is 2.19. The van der Waals surface area contributed by atoms with Gasteiger partial charge in [-0.3, -0.25) is 0 Å². The third-order valence-electron chi connectivity index (χ3n) is 5.44. The molecule has 0 saturated heterocycles. The van der Waals surface area contributed by atoms with E-state index in [1.165, 1.54) is 57.4 Å². The molecule has 0 fully saturated rings. The van der Waals surface area contributed by atoms with Crippen molar-refractivity contribution in [2.75, 3.05) is 5.75 Å². The minimum atomic E-state index is -2.42. The SMILES string of the molecule is CCC[CH2][Sn]([CH2]CCC)([CH2]CCC)[CH](O)CCSCc1ccccc1. The monoisotopic (exact) mass is 472 g/mol. The maximum absolute atomic E-state index is 11.2. The Labute approximate surface area is 165 Å². The van der Waals surface area contributed by atoms with Gasteiger partial charge in [-0.2, -0.15) is 0 Å². The fraction of sp³-hybridized carbons (Fsp3) is 0.727. The molecule has 0 radical (unpaired) electrons. The minimum absolute atomic E-state index is 0.0715. The van der Waals surface area contributed by atoms with Crippen LogP contribution in [0.4, 0.5) is 0 Å². The van der Waals surface area contributed by atoms with Crippen molar-refractivity contribution in [2.45, 2.75) is 88.9 Å². The molecule has 1 atom stereocenters. The van der Waals surface area contributed by atoms with Gasteiger partial charge in [-0.15, -0.1) is 0 Å². The molecule has 0 aromatic heterocycles. The van der Waals surface area contributed by atoms with E-state index in [4.69, 9.17) is 0 Å². The van der Waals surface area contributed by atoms with Crippen molar-refractivity contribution in [3.8, 4) is 0 Å². The van der Waals surface area contributed by atoms with Crippen LogP contribution in [0.2, 0.25) is 13.3 Å². The van der Waals surface area contributed by atoms with E-state index in [0.29, 0.717) is 0 Å². The van der Waals surface area contributed by atoms with Crippen LogP contribution in [0.3, 0.4) is 0 Å². The predicted molar refractivity (Wildman–Crippen MR) is 118 cm³/mol. The van der Waals surface area contributed by atoms with E-state index in [9.17, 15) is 5.11 Å². The molecule has 144 valence electrons. The van der Waals surface area contributed by atoms with Crippen molar-refractivity contribution in [1.82, 2.24) is 0 Å². The standard InChI is InChI=1S/C10H13OS.3C4H9.Sn/c11-7-4-8-12-9-10-5-2-1-3-6-10;3*1-3-4-2;/h1-3,5-7,11H,4,8-9H2;3*1,3-4H2,2H3;. The Bertz CT molecular complexity index is 402. The molecule has 3 heteroatoms. The van der Waals surface area contributed by atoms with Crippen LogP contribution in [-0.2, 0) is 5.75 Å². The Morgan fingerprint density at radius 1 is 0.880 bits per heavy atom. The summed E-state index contributed by atoms with van der Waals surface area (Å²) in [6.45, 7) is 6.91. The van der Waals surface area contributed by atoms with Gasteiger partial charge in [0.25, 0.3) is 0 Å². The van der Waals surface area contributed by atoms with E-state index in [2.05, 4.69) is 51.1 Å². The summed E-state index contributed by atoms with van der Waals surface area (Å²) in [7, 11) is 0. The molecule has 1 aromatic carbocycles. The number of rotatable bonds is 15. The molecular formula is C22H40OSSn.